The second-order valence-electron chi connectivity index (χ2n) is 10.1. The van der Waals surface area contributed by atoms with Gasteiger partial charge >= 0.3 is 0 Å². The number of carbonyl (C=O) groups is 1. The number of para-hydroxylation sites is 1. The molecule has 0 aliphatic rings. The maximum absolute atomic E-state index is 13.1. The molecule has 0 saturated carbocycles. The van der Waals surface area contributed by atoms with Crippen LogP contribution in [0.25, 0.3) is 38.2 Å². The lowest BCUT2D eigenvalue weighted by Gasteiger charge is -2.30. The number of methoxy groups -OCH3 is 1. The Balaban J connectivity index is 1.69. The number of hydrogen-bond acceptors (Lipinski definition) is 3. The van der Waals surface area contributed by atoms with E-state index in [1.165, 1.54) is 11.1 Å². The van der Waals surface area contributed by atoms with E-state index in [-0.39, 0.29) is 5.78 Å². The minimum Gasteiger partial charge on any atom is -0.501 e. The highest BCUT2D eigenvalue weighted by atomic mass is 16.5. The van der Waals surface area contributed by atoms with E-state index >= 15 is 0 Å². The highest BCUT2D eigenvalue weighted by Crippen LogP contribution is 2.47. The van der Waals surface area contributed by atoms with Gasteiger partial charge in [0.1, 0.15) is 5.76 Å². The number of ketones is 1. The van der Waals surface area contributed by atoms with Crippen LogP contribution in [0, 0.1) is 0 Å². The molecule has 6 aromatic carbocycles. The van der Waals surface area contributed by atoms with Crippen LogP contribution < -0.4 is 4.90 Å². The van der Waals surface area contributed by atoms with Gasteiger partial charge in [-0.15, -0.1) is 0 Å². The van der Waals surface area contributed by atoms with Gasteiger partial charge in [-0.2, -0.15) is 0 Å². The van der Waals surface area contributed by atoms with Gasteiger partial charge in [0, 0.05) is 27.7 Å². The quantitative estimate of drug-likeness (QED) is 0.116. The van der Waals surface area contributed by atoms with Crippen molar-refractivity contribution in [3.05, 3.63) is 145 Å². The average molecular weight is 534 g/mol. The molecule has 0 heterocycles. The second kappa shape index (κ2) is 11.1. The lowest BCUT2D eigenvalue weighted by Crippen LogP contribution is -2.12. The Bertz CT molecular complexity index is 1830. The first-order valence-corrected chi connectivity index (χ1v) is 13.8. The molecule has 0 aliphatic carbocycles. The van der Waals surface area contributed by atoms with E-state index in [2.05, 4.69) is 114 Å². The Morgan fingerprint density at radius 1 is 0.537 bits per heavy atom. The lowest BCUT2D eigenvalue weighted by molar-refractivity contribution is -0.111. The van der Waals surface area contributed by atoms with E-state index in [1.807, 2.05) is 31.2 Å². The number of nitrogens with zero attached hydrogens (tertiary/aromatic N) is 1. The predicted molar refractivity (Wildman–Crippen MR) is 172 cm³/mol. The summed E-state index contributed by atoms with van der Waals surface area (Å²) in [6, 6.07) is 46.3. The van der Waals surface area contributed by atoms with Crippen molar-refractivity contribution in [1.82, 2.24) is 0 Å². The zero-order valence-electron chi connectivity index (χ0n) is 23.5. The first-order chi connectivity index (χ1) is 20.1. The monoisotopic (exact) mass is 533 g/mol. The summed E-state index contributed by atoms with van der Waals surface area (Å²) in [6.45, 7) is 3.47. The number of hydrogen-bond donors (Lipinski definition) is 0. The van der Waals surface area contributed by atoms with Gasteiger partial charge in [-0.3, -0.25) is 4.79 Å². The van der Waals surface area contributed by atoms with Crippen LogP contribution in [0.3, 0.4) is 0 Å². The molecular weight excluding hydrogens is 502 g/mol. The molecule has 3 nitrogen and oxygen atoms in total. The number of rotatable bonds is 7. The lowest BCUT2D eigenvalue weighted by atomic mass is 9.88. The molecule has 200 valence electrons. The molecule has 0 aliphatic heterocycles. The summed E-state index contributed by atoms with van der Waals surface area (Å²) in [6.07, 6.45) is 0. The molecule has 0 atom stereocenters. The number of Topliss-reactive ketones (excluding diaryl/α,β-unsaturated/α-hetero) is 1. The van der Waals surface area contributed by atoms with Crippen LogP contribution in [-0.2, 0) is 9.53 Å². The molecule has 41 heavy (non-hydrogen) atoms. The Labute approximate surface area is 241 Å². The van der Waals surface area contributed by atoms with E-state index in [0.29, 0.717) is 11.3 Å². The summed E-state index contributed by atoms with van der Waals surface area (Å²) >= 11 is 0. The number of anilines is 3. The first kappa shape index (κ1) is 26.1. The zero-order chi connectivity index (χ0) is 28.3. The molecule has 0 bridgehead atoms. The SMILES string of the molecule is CO/C(C)=C(\C(C)=O)c1c2ccccc2c(N(c2ccccc2)c2ccc(-c3ccccc3)cc2)c2ccccc12. The number of ether oxygens (including phenoxy) is 1. The molecule has 6 rings (SSSR count). The Kier molecular flexibility index (Phi) is 7.09. The molecular formula is C38H31NO2. The van der Waals surface area contributed by atoms with E-state index < -0.39 is 0 Å². The molecule has 3 heteroatoms. The molecule has 0 saturated heterocycles. The van der Waals surface area contributed by atoms with E-state index in [9.17, 15) is 4.79 Å². The number of benzene rings is 6. The number of carbonyl (C=O) groups excluding carboxylic acids is 1. The summed E-state index contributed by atoms with van der Waals surface area (Å²) in [5.74, 6) is 0.584. The fourth-order valence-corrected chi connectivity index (χ4v) is 5.74. The molecule has 0 N–H and O–H groups in total. The van der Waals surface area contributed by atoms with Crippen LogP contribution in [0.1, 0.15) is 19.4 Å². The van der Waals surface area contributed by atoms with Gasteiger partial charge in [-0.1, -0.05) is 109 Å². The van der Waals surface area contributed by atoms with Crippen molar-refractivity contribution in [3.63, 3.8) is 0 Å². The van der Waals surface area contributed by atoms with Crippen LogP contribution in [0.15, 0.2) is 139 Å². The van der Waals surface area contributed by atoms with Gasteiger partial charge in [0.25, 0.3) is 0 Å². The number of allylic oxidation sites excluding steroid dienone is 2. The highest BCUT2D eigenvalue weighted by Gasteiger charge is 2.25. The van der Waals surface area contributed by atoms with Gasteiger partial charge in [-0.05, 0) is 60.0 Å². The maximum Gasteiger partial charge on any atom is 0.163 e. The molecule has 6 aromatic rings. The van der Waals surface area contributed by atoms with Crippen LogP contribution >= 0.6 is 0 Å². The molecule has 0 amide bonds. The third-order valence-corrected chi connectivity index (χ3v) is 7.63. The van der Waals surface area contributed by atoms with Crippen molar-refractivity contribution in [2.24, 2.45) is 0 Å². The van der Waals surface area contributed by atoms with E-state index in [4.69, 9.17) is 4.74 Å². The van der Waals surface area contributed by atoms with Gasteiger partial charge in [-0.25, -0.2) is 0 Å². The standard InChI is InChI=1S/C38H31NO2/c1-26(40)36(27(2)41-3)37-32-18-10-12-20-34(32)38(35-21-13-11-19-33(35)37)39(30-16-8-5-9-17-30)31-24-22-29(23-25-31)28-14-6-4-7-15-28/h4-25H,1-3H3/b36-27+. The fourth-order valence-electron chi connectivity index (χ4n) is 5.74. The van der Waals surface area contributed by atoms with Crippen LogP contribution in [0.2, 0.25) is 0 Å². The molecule has 0 spiro atoms. The molecule has 0 fully saturated rings. The highest BCUT2D eigenvalue weighted by molar-refractivity contribution is 6.30. The Morgan fingerprint density at radius 3 is 1.49 bits per heavy atom. The van der Waals surface area contributed by atoms with E-state index in [0.717, 1.165) is 44.2 Å². The Hall–Kier alpha value is -5.15. The van der Waals surface area contributed by atoms with Crippen LogP contribution in [-0.4, -0.2) is 12.9 Å². The molecule has 0 unspecified atom stereocenters. The van der Waals surface area contributed by atoms with Crippen molar-refractivity contribution in [2.75, 3.05) is 12.0 Å². The van der Waals surface area contributed by atoms with Gasteiger partial charge in [0.2, 0.25) is 0 Å². The van der Waals surface area contributed by atoms with Crippen LogP contribution in [0.4, 0.5) is 17.1 Å². The van der Waals surface area contributed by atoms with Crippen molar-refractivity contribution < 1.29 is 9.53 Å². The first-order valence-electron chi connectivity index (χ1n) is 13.8. The average Bonchev–Trinajstić information content (AvgIpc) is 3.03. The van der Waals surface area contributed by atoms with Crippen molar-refractivity contribution >= 4 is 50.0 Å². The number of fused-ring (bicyclic) bond motifs is 2. The summed E-state index contributed by atoms with van der Waals surface area (Å²) in [7, 11) is 1.62. The topological polar surface area (TPSA) is 29.5 Å². The summed E-state index contributed by atoms with van der Waals surface area (Å²) < 4.78 is 5.64. The summed E-state index contributed by atoms with van der Waals surface area (Å²) in [5, 5.41) is 4.12. The van der Waals surface area contributed by atoms with E-state index in [1.54, 1.807) is 14.0 Å². The maximum atomic E-state index is 13.1. The minimum absolute atomic E-state index is 0.0242. The third-order valence-electron chi connectivity index (χ3n) is 7.63. The summed E-state index contributed by atoms with van der Waals surface area (Å²) in [5.41, 5.74) is 7.02. The predicted octanol–water partition coefficient (Wildman–Crippen LogP) is 10.1. The fraction of sp³-hybridized carbons (Fsp3) is 0.0789. The normalized spacial score (nSPS) is 11.8. The van der Waals surface area contributed by atoms with Crippen molar-refractivity contribution in [2.45, 2.75) is 13.8 Å². The minimum atomic E-state index is -0.0242. The summed E-state index contributed by atoms with van der Waals surface area (Å²) in [4.78, 5) is 15.4. The second-order valence-corrected chi connectivity index (χ2v) is 10.1. The van der Waals surface area contributed by atoms with Crippen molar-refractivity contribution in [3.8, 4) is 11.1 Å². The smallest absolute Gasteiger partial charge is 0.163 e. The van der Waals surface area contributed by atoms with Crippen LogP contribution in [0.5, 0.6) is 0 Å². The van der Waals surface area contributed by atoms with Gasteiger partial charge in [0.05, 0.1) is 18.4 Å². The van der Waals surface area contributed by atoms with Gasteiger partial charge < -0.3 is 9.64 Å². The Morgan fingerprint density at radius 2 is 0.976 bits per heavy atom. The molecule has 0 aromatic heterocycles. The molecule has 0 radical (unpaired) electrons. The third kappa shape index (κ3) is 4.76. The largest absolute Gasteiger partial charge is 0.501 e. The zero-order valence-corrected chi connectivity index (χ0v) is 23.5. The van der Waals surface area contributed by atoms with Gasteiger partial charge in [0.15, 0.2) is 5.78 Å². The van der Waals surface area contributed by atoms with Crippen molar-refractivity contribution in [1.29, 1.82) is 0 Å².